The van der Waals surface area contributed by atoms with Crippen LogP contribution < -0.4 is 21.0 Å². The number of benzene rings is 1. The van der Waals surface area contributed by atoms with Crippen molar-refractivity contribution >= 4 is 28.6 Å². The topological polar surface area (TPSA) is 122 Å². The van der Waals surface area contributed by atoms with Gasteiger partial charge in [0.2, 0.25) is 0 Å². The molecule has 2 N–H and O–H groups in total. The lowest BCUT2D eigenvalue weighted by Gasteiger charge is -2.36. The van der Waals surface area contributed by atoms with Crippen LogP contribution in [0, 0.1) is 11.3 Å². The van der Waals surface area contributed by atoms with E-state index in [0.29, 0.717) is 23.7 Å². The lowest BCUT2D eigenvalue weighted by Crippen LogP contribution is -2.45. The van der Waals surface area contributed by atoms with Crippen molar-refractivity contribution in [2.75, 3.05) is 36.5 Å². The van der Waals surface area contributed by atoms with E-state index in [-0.39, 0.29) is 18.7 Å². The Hall–Kier alpha value is -3.68. The minimum absolute atomic E-state index is 0.0288. The number of rotatable bonds is 4. The molecule has 158 valence electrons. The molecule has 0 saturated carbocycles. The van der Waals surface area contributed by atoms with Crippen LogP contribution in [0.3, 0.4) is 0 Å². The van der Waals surface area contributed by atoms with E-state index in [0.717, 1.165) is 20.7 Å². The van der Waals surface area contributed by atoms with Gasteiger partial charge in [-0.2, -0.15) is 5.26 Å². The average molecular weight is 437 g/mol. The maximum absolute atomic E-state index is 13.3. The van der Waals surface area contributed by atoms with Gasteiger partial charge in [0.15, 0.2) is 0 Å². The van der Waals surface area contributed by atoms with E-state index >= 15 is 0 Å². The summed E-state index contributed by atoms with van der Waals surface area (Å²) in [5.41, 5.74) is 0.720. The number of thiophene rings is 1. The number of carbonyl (C=O) groups excluding carboxylic acids is 1. The fraction of sp³-hybridized carbons (Fsp3) is 0.238. The standard InChI is InChI=1S/C21H19N5O4S/c1-24-6-7-26(20(29)15-12-25(8-9-27)21(30)23-19(15)28)17-10-13(2-4-16(17)24)18-5-3-14(11-22)31-18/h2-5,10,12,27H,6-9H2,1H3,(H,23,28,30). The summed E-state index contributed by atoms with van der Waals surface area (Å²) in [7, 11) is 1.92. The van der Waals surface area contributed by atoms with Crippen molar-refractivity contribution in [1.82, 2.24) is 9.55 Å². The lowest BCUT2D eigenvalue weighted by molar-refractivity contribution is 0.0984. The molecule has 0 spiro atoms. The largest absolute Gasteiger partial charge is 0.395 e. The number of H-pyrrole nitrogens is 1. The van der Waals surface area contributed by atoms with Gasteiger partial charge in [0.05, 0.1) is 24.5 Å². The first-order valence-corrected chi connectivity index (χ1v) is 10.4. The number of hydrogen-bond donors (Lipinski definition) is 2. The minimum atomic E-state index is -0.766. The molecule has 9 nitrogen and oxygen atoms in total. The zero-order chi connectivity index (χ0) is 22.1. The van der Waals surface area contributed by atoms with Crippen LogP contribution in [0.5, 0.6) is 0 Å². The van der Waals surface area contributed by atoms with Gasteiger partial charge in [-0.1, -0.05) is 6.07 Å². The molecule has 0 bridgehead atoms. The van der Waals surface area contributed by atoms with Gasteiger partial charge in [0, 0.05) is 31.2 Å². The number of anilines is 2. The Balaban J connectivity index is 1.79. The van der Waals surface area contributed by atoms with Crippen LogP contribution in [0.4, 0.5) is 11.4 Å². The van der Waals surface area contributed by atoms with Gasteiger partial charge in [-0.15, -0.1) is 11.3 Å². The van der Waals surface area contributed by atoms with Gasteiger partial charge in [0.25, 0.3) is 11.5 Å². The molecule has 31 heavy (non-hydrogen) atoms. The fourth-order valence-electron chi connectivity index (χ4n) is 3.55. The van der Waals surface area contributed by atoms with Crippen LogP contribution in [-0.4, -0.2) is 47.3 Å². The number of aromatic nitrogens is 2. The lowest BCUT2D eigenvalue weighted by atomic mass is 10.1. The maximum Gasteiger partial charge on any atom is 0.328 e. The summed E-state index contributed by atoms with van der Waals surface area (Å²) in [6.45, 7) is 0.604. The molecule has 0 unspecified atom stereocenters. The summed E-state index contributed by atoms with van der Waals surface area (Å²) in [6.07, 6.45) is 1.19. The summed E-state index contributed by atoms with van der Waals surface area (Å²) < 4.78 is 1.11. The van der Waals surface area contributed by atoms with Gasteiger partial charge in [-0.25, -0.2) is 4.79 Å². The number of nitriles is 1. The van der Waals surface area contributed by atoms with Gasteiger partial charge in [-0.3, -0.25) is 19.1 Å². The highest BCUT2D eigenvalue weighted by atomic mass is 32.1. The third-order valence-electron chi connectivity index (χ3n) is 5.16. The monoisotopic (exact) mass is 437 g/mol. The Labute approximate surface area is 181 Å². The number of amides is 1. The predicted octanol–water partition coefficient (Wildman–Crippen LogP) is 1.23. The zero-order valence-corrected chi connectivity index (χ0v) is 17.5. The molecule has 0 saturated heterocycles. The number of aliphatic hydroxyl groups is 1. The van der Waals surface area contributed by atoms with Gasteiger partial charge < -0.3 is 14.9 Å². The number of aliphatic hydroxyl groups excluding tert-OH is 1. The number of carbonyl (C=O) groups is 1. The molecular formula is C21H19N5O4S. The van der Waals surface area contributed by atoms with Crippen LogP contribution in [0.15, 0.2) is 46.1 Å². The van der Waals surface area contributed by atoms with Crippen LogP contribution in [0.1, 0.15) is 15.2 Å². The Morgan fingerprint density at radius 2 is 2.03 bits per heavy atom. The third kappa shape index (κ3) is 3.76. The molecule has 1 aliphatic rings. The molecule has 3 heterocycles. The molecule has 1 amide bonds. The summed E-state index contributed by atoms with van der Waals surface area (Å²) in [6, 6.07) is 11.4. The maximum atomic E-state index is 13.3. The normalized spacial score (nSPS) is 13.1. The van der Waals surface area contributed by atoms with Crippen molar-refractivity contribution in [2.45, 2.75) is 6.54 Å². The van der Waals surface area contributed by atoms with Gasteiger partial charge >= 0.3 is 5.69 Å². The molecule has 1 aromatic carbocycles. The fourth-order valence-corrected chi connectivity index (χ4v) is 4.35. The van der Waals surface area contributed by atoms with E-state index in [1.54, 1.807) is 6.07 Å². The van der Waals surface area contributed by atoms with Crippen LogP contribution >= 0.6 is 11.3 Å². The van der Waals surface area contributed by atoms with Crippen molar-refractivity contribution in [3.05, 3.63) is 67.8 Å². The van der Waals surface area contributed by atoms with Gasteiger partial charge in [-0.05, 0) is 29.8 Å². The van der Waals surface area contributed by atoms with E-state index in [2.05, 4.69) is 11.1 Å². The summed E-state index contributed by atoms with van der Waals surface area (Å²) >= 11 is 1.36. The van der Waals surface area contributed by atoms with Crippen molar-refractivity contribution < 1.29 is 9.90 Å². The number of nitrogens with one attached hydrogen (secondary N) is 1. The zero-order valence-electron chi connectivity index (χ0n) is 16.7. The van der Waals surface area contributed by atoms with Crippen LogP contribution in [0.2, 0.25) is 0 Å². The van der Waals surface area contributed by atoms with Gasteiger partial charge in [0.1, 0.15) is 16.5 Å². The third-order valence-corrected chi connectivity index (χ3v) is 6.20. The SMILES string of the molecule is CN1CCN(C(=O)c2cn(CCO)c(=O)[nH]c2=O)c2cc(-c3ccc(C#N)s3)ccc21. The van der Waals surface area contributed by atoms with Crippen molar-refractivity contribution in [1.29, 1.82) is 5.26 Å². The Bertz CT molecular complexity index is 1320. The van der Waals surface area contributed by atoms with Crippen molar-refractivity contribution in [3.63, 3.8) is 0 Å². The molecule has 2 aromatic heterocycles. The summed E-state index contributed by atoms with van der Waals surface area (Å²) in [5, 5.41) is 18.2. The second-order valence-corrected chi connectivity index (χ2v) is 8.16. The molecule has 10 heteroatoms. The molecule has 3 aromatic rings. The number of fused-ring (bicyclic) bond motifs is 1. The molecular weight excluding hydrogens is 418 g/mol. The Kier molecular flexibility index (Phi) is 5.46. The molecule has 0 aliphatic carbocycles. The molecule has 0 atom stereocenters. The molecule has 1 aliphatic heterocycles. The Morgan fingerprint density at radius 3 is 2.74 bits per heavy atom. The quantitative estimate of drug-likeness (QED) is 0.633. The molecule has 0 fully saturated rings. The number of likely N-dealkylation sites (N-methyl/N-ethyl adjacent to an activating group) is 1. The number of hydrogen-bond acceptors (Lipinski definition) is 7. The van der Waals surface area contributed by atoms with E-state index in [1.165, 1.54) is 22.4 Å². The first kappa shape index (κ1) is 20.6. The minimum Gasteiger partial charge on any atom is -0.395 e. The first-order chi connectivity index (χ1) is 14.9. The van der Waals surface area contributed by atoms with E-state index in [1.807, 2.05) is 36.2 Å². The van der Waals surface area contributed by atoms with E-state index in [4.69, 9.17) is 10.4 Å². The van der Waals surface area contributed by atoms with Crippen LogP contribution in [0.25, 0.3) is 10.4 Å². The second kappa shape index (κ2) is 8.22. The predicted molar refractivity (Wildman–Crippen MR) is 118 cm³/mol. The smallest absolute Gasteiger partial charge is 0.328 e. The highest BCUT2D eigenvalue weighted by Gasteiger charge is 2.28. The summed E-state index contributed by atoms with van der Waals surface area (Å²) in [5.74, 6) is -0.525. The average Bonchev–Trinajstić information content (AvgIpc) is 3.25. The van der Waals surface area contributed by atoms with E-state index in [9.17, 15) is 14.4 Å². The molecule has 4 rings (SSSR count). The Morgan fingerprint density at radius 1 is 1.23 bits per heavy atom. The molecule has 0 radical (unpaired) electrons. The number of nitrogens with zero attached hydrogens (tertiary/aromatic N) is 4. The van der Waals surface area contributed by atoms with E-state index < -0.39 is 17.2 Å². The second-order valence-electron chi connectivity index (χ2n) is 7.08. The summed E-state index contributed by atoms with van der Waals surface area (Å²) in [4.78, 5) is 44.8. The van der Waals surface area contributed by atoms with Crippen LogP contribution in [-0.2, 0) is 6.54 Å². The highest BCUT2D eigenvalue weighted by Crippen LogP contribution is 2.38. The highest BCUT2D eigenvalue weighted by molar-refractivity contribution is 7.16. The number of aromatic amines is 1. The first-order valence-electron chi connectivity index (χ1n) is 9.55. The van der Waals surface area contributed by atoms with Crippen molar-refractivity contribution in [3.8, 4) is 16.5 Å². The van der Waals surface area contributed by atoms with Crippen molar-refractivity contribution in [2.24, 2.45) is 0 Å².